The average molecular weight is 652 g/mol. The van der Waals surface area contributed by atoms with Crippen LogP contribution in [-0.4, -0.2) is 78.2 Å². The molecule has 0 spiro atoms. The Bertz CT molecular complexity index is 1340. The van der Waals surface area contributed by atoms with E-state index in [0.29, 0.717) is 41.8 Å². The highest BCUT2D eigenvalue weighted by Crippen LogP contribution is 2.38. The molecule has 244 valence electrons. The largest absolute Gasteiger partial charge is 0.452 e. The third kappa shape index (κ3) is 9.48. The Hall–Kier alpha value is -2.54. The van der Waals surface area contributed by atoms with Crippen LogP contribution in [-0.2, 0) is 32.6 Å². The number of carbonyl (C=O) groups is 2. The van der Waals surface area contributed by atoms with Gasteiger partial charge >= 0.3 is 6.09 Å². The number of ether oxygens (including phenoxy) is 1. The minimum absolute atomic E-state index is 0.0859. The van der Waals surface area contributed by atoms with Gasteiger partial charge in [0.25, 0.3) is 0 Å². The van der Waals surface area contributed by atoms with E-state index in [2.05, 4.69) is 0 Å². The maximum Gasteiger partial charge on any atom is 0.416 e. The van der Waals surface area contributed by atoms with Crippen molar-refractivity contribution >= 4 is 33.6 Å². The van der Waals surface area contributed by atoms with Gasteiger partial charge in [-0.3, -0.25) is 4.79 Å². The normalized spacial score (nSPS) is 15.7. The number of imide groups is 1. The Morgan fingerprint density at radius 2 is 1.70 bits per heavy atom. The van der Waals surface area contributed by atoms with Crippen molar-refractivity contribution in [2.75, 3.05) is 20.3 Å². The predicted molar refractivity (Wildman–Crippen MR) is 169 cm³/mol. The van der Waals surface area contributed by atoms with Gasteiger partial charge in [-0.05, 0) is 86.1 Å². The third-order valence-corrected chi connectivity index (χ3v) is 10.5. The van der Waals surface area contributed by atoms with Crippen molar-refractivity contribution < 1.29 is 33.0 Å². The second-order valence-electron chi connectivity index (χ2n) is 11.9. The molecule has 3 atom stereocenters. The van der Waals surface area contributed by atoms with E-state index in [9.17, 15) is 28.2 Å². The van der Waals surface area contributed by atoms with E-state index in [0.717, 1.165) is 17.7 Å². The molecule has 3 rings (SSSR count). The molecule has 0 radical (unpaired) electrons. The van der Waals surface area contributed by atoms with Crippen LogP contribution >= 0.6 is 11.6 Å². The quantitative estimate of drug-likeness (QED) is 0.229. The average Bonchev–Trinajstić information content (AvgIpc) is 3.85. The molecule has 0 saturated heterocycles. The molecular formula is C32H46ClN3O7S. The second-order valence-corrected chi connectivity index (χ2v) is 14.2. The number of rotatable bonds is 17. The summed E-state index contributed by atoms with van der Waals surface area (Å²) in [5.74, 6) is -0.235. The molecule has 2 aromatic rings. The lowest BCUT2D eigenvalue weighted by atomic mass is 9.99. The first-order valence-corrected chi connectivity index (χ1v) is 17.0. The second kappa shape index (κ2) is 16.7. The molecule has 0 aromatic heterocycles. The Morgan fingerprint density at radius 3 is 2.25 bits per heavy atom. The van der Waals surface area contributed by atoms with Gasteiger partial charge < -0.3 is 20.7 Å². The zero-order chi connectivity index (χ0) is 32.4. The molecule has 0 heterocycles. The fourth-order valence-electron chi connectivity index (χ4n) is 5.39. The summed E-state index contributed by atoms with van der Waals surface area (Å²) in [5.41, 5.74) is 7.60. The minimum atomic E-state index is -3.95. The van der Waals surface area contributed by atoms with Crippen LogP contribution < -0.4 is 5.73 Å². The van der Waals surface area contributed by atoms with Gasteiger partial charge in [0.2, 0.25) is 15.9 Å². The molecule has 0 unspecified atom stereocenters. The zero-order valence-electron chi connectivity index (χ0n) is 25.8. The van der Waals surface area contributed by atoms with Gasteiger partial charge in [-0.15, -0.1) is 0 Å². The molecule has 1 saturated carbocycles. The summed E-state index contributed by atoms with van der Waals surface area (Å²) in [5, 5.41) is 20.2. The first-order valence-electron chi connectivity index (χ1n) is 15.2. The maximum atomic E-state index is 13.7. The molecule has 1 aliphatic carbocycles. The summed E-state index contributed by atoms with van der Waals surface area (Å²) in [6, 6.07) is 10.9. The lowest BCUT2D eigenvalue weighted by Gasteiger charge is -2.33. The van der Waals surface area contributed by atoms with Crippen molar-refractivity contribution in [2.24, 2.45) is 17.6 Å². The number of sulfonamides is 1. The number of hydrogen-bond donors (Lipinski definition) is 3. The molecule has 4 N–H and O–H groups in total. The van der Waals surface area contributed by atoms with Gasteiger partial charge in [0.1, 0.15) is 0 Å². The number of benzene rings is 2. The van der Waals surface area contributed by atoms with Crippen LogP contribution in [0.1, 0.15) is 63.5 Å². The van der Waals surface area contributed by atoms with Crippen molar-refractivity contribution in [1.29, 1.82) is 0 Å². The van der Waals surface area contributed by atoms with Gasteiger partial charge in [-0.2, -0.15) is 4.31 Å². The van der Waals surface area contributed by atoms with Gasteiger partial charge in [0.15, 0.2) is 0 Å². The van der Waals surface area contributed by atoms with E-state index in [1.807, 2.05) is 13.8 Å². The predicted octanol–water partition coefficient (Wildman–Crippen LogP) is 4.34. The van der Waals surface area contributed by atoms with Crippen LogP contribution in [0.5, 0.6) is 0 Å². The summed E-state index contributed by atoms with van der Waals surface area (Å²) in [6.07, 6.45) is 2.82. The number of nitrogens with two attached hydrogens (primary N) is 1. The number of aliphatic hydroxyl groups excluding tert-OH is 2. The van der Waals surface area contributed by atoms with Crippen molar-refractivity contribution in [2.45, 2.75) is 88.4 Å². The van der Waals surface area contributed by atoms with Crippen molar-refractivity contribution in [1.82, 2.24) is 9.21 Å². The SMILES string of the molecule is COC(=O)N(C(=O)[C@@H](N)Cc1ccccc1Cl)[C@H](CCC[C@@H](CO)N(CCC(C)C)S(=O)(=O)c1ccc(CO)cc1)C1CC1. The molecule has 2 amide bonds. The van der Waals surface area contributed by atoms with Crippen LogP contribution in [0.2, 0.25) is 5.02 Å². The van der Waals surface area contributed by atoms with Crippen LogP contribution in [0.3, 0.4) is 0 Å². The standard InChI is InChI=1S/C32H46ClN3O7S/c1-22(2)17-18-35(44(41,42)27-15-11-23(20-37)12-16-27)26(21-38)8-6-10-30(24-13-14-24)36(32(40)43-3)31(39)29(34)19-25-7-4-5-9-28(25)33/h4-5,7,9,11-12,15-16,22,24,26,29-30,37-38H,6,8,10,13-14,17-21,34H2,1-3H3/t26-,29-,30+/m0/s1. The smallest absolute Gasteiger partial charge is 0.416 e. The number of amides is 2. The van der Waals surface area contributed by atoms with Crippen molar-refractivity contribution in [3.63, 3.8) is 0 Å². The minimum Gasteiger partial charge on any atom is -0.452 e. The Balaban J connectivity index is 1.78. The van der Waals surface area contributed by atoms with Crippen LogP contribution in [0, 0.1) is 11.8 Å². The number of carbonyl (C=O) groups excluding carboxylic acids is 2. The number of aliphatic hydroxyl groups is 2. The van der Waals surface area contributed by atoms with Gasteiger partial charge in [-0.1, -0.05) is 55.8 Å². The number of nitrogens with zero attached hydrogens (tertiary/aromatic N) is 2. The molecular weight excluding hydrogens is 606 g/mol. The monoisotopic (exact) mass is 651 g/mol. The van der Waals surface area contributed by atoms with Gasteiger partial charge in [0.05, 0.1) is 31.3 Å². The zero-order valence-corrected chi connectivity index (χ0v) is 27.3. The molecule has 1 fully saturated rings. The summed E-state index contributed by atoms with van der Waals surface area (Å²) >= 11 is 6.28. The Morgan fingerprint density at radius 1 is 1.05 bits per heavy atom. The molecule has 12 heteroatoms. The molecule has 44 heavy (non-hydrogen) atoms. The Labute approximate surface area is 266 Å². The Kier molecular flexibility index (Phi) is 13.6. The summed E-state index contributed by atoms with van der Waals surface area (Å²) in [6.45, 7) is 3.65. The summed E-state index contributed by atoms with van der Waals surface area (Å²) in [4.78, 5) is 27.8. The third-order valence-electron chi connectivity index (χ3n) is 8.12. The van der Waals surface area contributed by atoms with E-state index in [4.69, 9.17) is 22.1 Å². The van der Waals surface area contributed by atoms with Crippen molar-refractivity contribution in [3.05, 3.63) is 64.7 Å². The fourth-order valence-corrected chi connectivity index (χ4v) is 7.26. The topological polar surface area (TPSA) is 150 Å². The first-order chi connectivity index (χ1) is 20.9. The van der Waals surface area contributed by atoms with Gasteiger partial charge in [0, 0.05) is 23.7 Å². The van der Waals surface area contributed by atoms with E-state index in [1.54, 1.807) is 36.4 Å². The fraction of sp³-hybridized carbons (Fsp3) is 0.562. The number of hydrogen-bond acceptors (Lipinski definition) is 8. The highest BCUT2D eigenvalue weighted by molar-refractivity contribution is 7.89. The molecule has 0 aliphatic heterocycles. The lowest BCUT2D eigenvalue weighted by Crippen LogP contribution is -2.53. The molecule has 2 aromatic carbocycles. The summed E-state index contributed by atoms with van der Waals surface area (Å²) < 4.78 is 33.9. The summed E-state index contributed by atoms with van der Waals surface area (Å²) in [7, 11) is -2.73. The van der Waals surface area contributed by atoms with E-state index in [-0.39, 0.29) is 42.9 Å². The highest BCUT2D eigenvalue weighted by atomic mass is 35.5. The number of methoxy groups -OCH3 is 1. The lowest BCUT2D eigenvalue weighted by molar-refractivity contribution is -0.133. The molecule has 10 nitrogen and oxygen atoms in total. The molecule has 1 aliphatic rings. The number of halogens is 1. The van der Waals surface area contributed by atoms with Crippen LogP contribution in [0.15, 0.2) is 53.4 Å². The van der Waals surface area contributed by atoms with Crippen molar-refractivity contribution in [3.8, 4) is 0 Å². The van der Waals surface area contributed by atoms with Crippen LogP contribution in [0.4, 0.5) is 4.79 Å². The van der Waals surface area contributed by atoms with Gasteiger partial charge in [-0.25, -0.2) is 18.1 Å². The van der Waals surface area contributed by atoms with E-state index < -0.39 is 40.1 Å². The highest BCUT2D eigenvalue weighted by Gasteiger charge is 2.42. The van der Waals surface area contributed by atoms with Crippen LogP contribution in [0.25, 0.3) is 0 Å². The molecule has 0 bridgehead atoms. The van der Waals surface area contributed by atoms with E-state index >= 15 is 0 Å². The van der Waals surface area contributed by atoms with E-state index in [1.165, 1.54) is 23.5 Å². The maximum absolute atomic E-state index is 13.7. The first kappa shape index (κ1) is 35.9.